The fourth-order valence-electron chi connectivity index (χ4n) is 9.47. The van der Waals surface area contributed by atoms with Crippen LogP contribution in [0.2, 0.25) is 0 Å². The number of rotatable bonds is 22. The van der Waals surface area contributed by atoms with Crippen LogP contribution in [0, 0.1) is 0 Å². The van der Waals surface area contributed by atoms with Crippen LogP contribution in [0.3, 0.4) is 0 Å². The van der Waals surface area contributed by atoms with Crippen LogP contribution in [0.25, 0.3) is 0 Å². The summed E-state index contributed by atoms with van der Waals surface area (Å²) in [5.74, 6) is 0. The molecule has 28 heteroatoms. The van der Waals surface area contributed by atoms with E-state index in [1.54, 1.807) is 13.0 Å². The zero-order valence-electron chi connectivity index (χ0n) is 43.5. The predicted octanol–water partition coefficient (Wildman–Crippen LogP) is -6.35. The number of allylic oxidation sites excluding steroid dienone is 4. The number of hydrogen-bond donors (Lipinski definition) is 16. The van der Waals surface area contributed by atoms with Crippen LogP contribution in [0.1, 0.15) is 60.3 Å². The molecule has 6 rings (SSSR count). The minimum absolute atomic E-state index is 0.0801. The maximum Gasteiger partial charge on any atom is 0.187 e. The van der Waals surface area contributed by atoms with Crippen molar-refractivity contribution in [3.63, 3.8) is 0 Å². The van der Waals surface area contributed by atoms with Gasteiger partial charge in [-0.25, -0.2) is 0 Å². The normalized spacial score (nSPS) is 46.8. The van der Waals surface area contributed by atoms with Crippen LogP contribution < -0.4 is 0 Å². The summed E-state index contributed by atoms with van der Waals surface area (Å²) in [6, 6.07) is 0. The Morgan fingerprint density at radius 2 is 0.779 bits per heavy atom. The maximum atomic E-state index is 11.3. The number of aliphatic hydroxyl groups excluding tert-OH is 16. The molecule has 0 aliphatic carbocycles. The summed E-state index contributed by atoms with van der Waals surface area (Å²) in [5.41, 5.74) is 2.68. The zero-order valence-corrected chi connectivity index (χ0v) is 43.5. The molecular formula is C49H82O28. The van der Waals surface area contributed by atoms with E-state index in [4.69, 9.17) is 56.8 Å². The van der Waals surface area contributed by atoms with Crippen molar-refractivity contribution in [2.45, 2.75) is 232 Å². The van der Waals surface area contributed by atoms with Gasteiger partial charge in [-0.3, -0.25) is 0 Å². The van der Waals surface area contributed by atoms with Crippen molar-refractivity contribution in [1.82, 2.24) is 0 Å². The molecule has 6 aliphatic rings. The quantitative estimate of drug-likeness (QED) is 0.0448. The molecule has 0 amide bonds. The van der Waals surface area contributed by atoms with Crippen molar-refractivity contribution in [3.8, 4) is 0 Å². The number of ether oxygens (including phenoxy) is 12. The zero-order chi connectivity index (χ0) is 56.6. The SMILES string of the molecule is C/C(=C\CC/C(C)=C/CO[C@@H]1O[C@H](CO)[C@@H](O)[C@H](O[C@@H]2OC[C@@H](O)[C@H](O)[C@H]2O)[C@H]1O[C@H]1O[C@@H](C)[C@H](O)[C@@H](O)[C@H]1O)CC/C=C(\C)CO[C@@H]1O[C@H](CO)[C@@H](O)[C@H](O[C@@H]2OC[C@@H](O)[C@H](O)[C@H]2O)[C@H]1O[C@@H]1O[C@H](C)[C@@H](O)[C@H](O)[C@@H]1O. The van der Waals surface area contributed by atoms with Gasteiger partial charge in [-0.15, -0.1) is 0 Å². The average molecular weight is 1120 g/mol. The Balaban J connectivity index is 1.05. The third kappa shape index (κ3) is 16.0. The summed E-state index contributed by atoms with van der Waals surface area (Å²) in [6.45, 7) is 5.95. The first-order chi connectivity index (χ1) is 36.5. The van der Waals surface area contributed by atoms with Crippen LogP contribution in [0.4, 0.5) is 0 Å². The van der Waals surface area contributed by atoms with Gasteiger partial charge < -0.3 is 139 Å². The Hall–Kier alpha value is -1.90. The fraction of sp³-hybridized carbons (Fsp3) is 0.878. The summed E-state index contributed by atoms with van der Waals surface area (Å²) in [4.78, 5) is 0. The molecule has 446 valence electrons. The molecule has 6 fully saturated rings. The Morgan fingerprint density at radius 3 is 1.21 bits per heavy atom. The highest BCUT2D eigenvalue weighted by Crippen LogP contribution is 2.36. The molecule has 28 atom stereocenters. The standard InChI is InChI=1S/C49H82O28/c1-19(9-7-11-21(3)16-67-49-43(77-47-39(65)35(61)29(55)23(5)71-47)41(33(59)27(15-51)73-49)75-45-37(63)31(57)25(53)18-69-45)8-6-10-20(2)12-13-66-48-42(76-46-38(64)34(60)28(54)22(4)70-46)40(32(58)26(14-50)72-48)74-44-36(62)30(56)24(52)17-68-44/h8,11-12,22-65H,6-7,9-10,13-18H2,1-5H3/b19-8+,20-12+,21-11+/t22-,23+,24+,25+,26+,27+,28-,29+,30-,31-,32+,33+,34+,35-,36+,37+,38+,39-,40-,41-,42+,43+,44-,45-,46+,47-,48+,49+/m0/s1. The highest BCUT2D eigenvalue weighted by Gasteiger charge is 2.55. The Labute approximate surface area is 444 Å². The maximum absolute atomic E-state index is 11.3. The van der Waals surface area contributed by atoms with Gasteiger partial charge in [-0.1, -0.05) is 34.9 Å². The van der Waals surface area contributed by atoms with Crippen molar-refractivity contribution in [1.29, 1.82) is 0 Å². The topological polar surface area (TPSA) is 434 Å². The Morgan fingerprint density at radius 1 is 0.403 bits per heavy atom. The molecular weight excluding hydrogens is 1040 g/mol. The van der Waals surface area contributed by atoms with Gasteiger partial charge in [-0.2, -0.15) is 0 Å². The van der Waals surface area contributed by atoms with E-state index in [9.17, 15) is 81.7 Å². The van der Waals surface area contributed by atoms with Crippen LogP contribution in [-0.4, -0.2) is 293 Å². The smallest absolute Gasteiger partial charge is 0.187 e. The van der Waals surface area contributed by atoms with Crippen molar-refractivity contribution >= 4 is 0 Å². The van der Waals surface area contributed by atoms with E-state index in [-0.39, 0.29) is 13.2 Å². The van der Waals surface area contributed by atoms with Gasteiger partial charge in [0.25, 0.3) is 0 Å². The van der Waals surface area contributed by atoms with Crippen LogP contribution in [0.5, 0.6) is 0 Å². The predicted molar refractivity (Wildman–Crippen MR) is 255 cm³/mol. The second-order valence-electron chi connectivity index (χ2n) is 20.6. The molecule has 6 aliphatic heterocycles. The molecule has 0 unspecified atom stereocenters. The summed E-state index contributed by atoms with van der Waals surface area (Å²) >= 11 is 0. The first-order valence-electron chi connectivity index (χ1n) is 25.9. The van der Waals surface area contributed by atoms with E-state index >= 15 is 0 Å². The first kappa shape index (κ1) is 64.3. The highest BCUT2D eigenvalue weighted by molar-refractivity contribution is 5.07. The summed E-state index contributed by atoms with van der Waals surface area (Å²) in [5, 5.41) is 168. The van der Waals surface area contributed by atoms with Crippen molar-refractivity contribution in [2.75, 3.05) is 39.6 Å². The largest absolute Gasteiger partial charge is 0.394 e. The van der Waals surface area contributed by atoms with Gasteiger partial charge in [-0.05, 0) is 60.3 Å². The second-order valence-corrected chi connectivity index (χ2v) is 20.6. The number of hydrogen-bond acceptors (Lipinski definition) is 28. The molecule has 0 aromatic rings. The van der Waals surface area contributed by atoms with E-state index in [2.05, 4.69) is 6.08 Å². The lowest BCUT2D eigenvalue weighted by Crippen LogP contribution is -2.66. The lowest BCUT2D eigenvalue weighted by Gasteiger charge is -2.48. The van der Waals surface area contributed by atoms with Gasteiger partial charge in [0.15, 0.2) is 37.7 Å². The van der Waals surface area contributed by atoms with E-state index in [0.29, 0.717) is 25.7 Å². The van der Waals surface area contributed by atoms with Crippen LogP contribution in [-0.2, 0) is 56.8 Å². The van der Waals surface area contributed by atoms with E-state index in [1.807, 2.05) is 19.9 Å². The highest BCUT2D eigenvalue weighted by atomic mass is 16.8. The van der Waals surface area contributed by atoms with Gasteiger partial charge in [0.05, 0.1) is 51.8 Å². The van der Waals surface area contributed by atoms with Gasteiger partial charge >= 0.3 is 0 Å². The van der Waals surface area contributed by atoms with Gasteiger partial charge in [0.2, 0.25) is 0 Å². The average Bonchev–Trinajstić information content (AvgIpc) is 3.41. The summed E-state index contributed by atoms with van der Waals surface area (Å²) in [7, 11) is 0. The van der Waals surface area contributed by atoms with Gasteiger partial charge in [0, 0.05) is 0 Å². The lowest BCUT2D eigenvalue weighted by atomic mass is 9.97. The monoisotopic (exact) mass is 1120 g/mol. The molecule has 77 heavy (non-hydrogen) atoms. The molecule has 0 aromatic heterocycles. The summed E-state index contributed by atoms with van der Waals surface area (Å²) in [6.07, 6.45) is -35.2. The molecule has 28 nitrogen and oxygen atoms in total. The second kappa shape index (κ2) is 29.4. The van der Waals surface area contributed by atoms with Crippen LogP contribution in [0.15, 0.2) is 34.9 Å². The Kier molecular flexibility index (Phi) is 24.5. The van der Waals surface area contributed by atoms with Crippen molar-refractivity contribution in [2.24, 2.45) is 0 Å². The lowest BCUT2D eigenvalue weighted by molar-refractivity contribution is -0.385. The minimum atomic E-state index is -1.80. The van der Waals surface area contributed by atoms with E-state index in [1.165, 1.54) is 13.8 Å². The molecule has 0 saturated carbocycles. The van der Waals surface area contributed by atoms with E-state index < -0.39 is 198 Å². The third-order valence-corrected chi connectivity index (χ3v) is 14.5. The minimum Gasteiger partial charge on any atom is -0.394 e. The molecule has 0 aromatic carbocycles. The van der Waals surface area contributed by atoms with Crippen LogP contribution >= 0.6 is 0 Å². The Bertz CT molecular complexity index is 1880. The third-order valence-electron chi connectivity index (χ3n) is 14.5. The van der Waals surface area contributed by atoms with Crippen molar-refractivity contribution in [3.05, 3.63) is 34.9 Å². The van der Waals surface area contributed by atoms with E-state index in [0.717, 1.165) is 16.7 Å². The molecule has 0 radical (unpaired) electrons. The number of aliphatic hydroxyl groups is 16. The summed E-state index contributed by atoms with van der Waals surface area (Å²) < 4.78 is 70.0. The molecule has 16 N–H and O–H groups in total. The molecule has 6 saturated heterocycles. The first-order valence-corrected chi connectivity index (χ1v) is 25.9. The molecule has 0 bridgehead atoms. The fourth-order valence-corrected chi connectivity index (χ4v) is 9.47. The van der Waals surface area contributed by atoms with Crippen molar-refractivity contribution < 1.29 is 139 Å². The molecule has 0 spiro atoms. The molecule has 6 heterocycles. The van der Waals surface area contributed by atoms with Gasteiger partial charge in [0.1, 0.15) is 122 Å².